The number of hydrogen-bond acceptors (Lipinski definition) is 3. The normalized spacial score (nSPS) is 13.6. The second-order valence-corrected chi connectivity index (χ2v) is 10.9. The minimum Gasteiger partial charge on any atom is -0.340 e. The van der Waals surface area contributed by atoms with Crippen LogP contribution in [0.4, 0.5) is 0 Å². The Bertz CT molecular complexity index is 206. The summed E-state index contributed by atoms with van der Waals surface area (Å²) in [6, 6.07) is 0. The van der Waals surface area contributed by atoms with Crippen LogP contribution in [0.2, 0.25) is 0 Å². The Hall–Kier alpha value is 1.06. The Kier molecular flexibility index (Phi) is 8.76. The molecule has 0 spiro atoms. The van der Waals surface area contributed by atoms with E-state index in [9.17, 15) is 0 Å². The molecule has 16 heavy (non-hydrogen) atoms. The van der Waals surface area contributed by atoms with Crippen LogP contribution in [0.15, 0.2) is 12.2 Å². The summed E-state index contributed by atoms with van der Waals surface area (Å²) < 4.78 is -0.142. The van der Waals surface area contributed by atoms with E-state index in [1.807, 2.05) is 0 Å². The molecule has 0 unspecified atom stereocenters. The molecule has 96 valence electrons. The molecule has 0 amide bonds. The lowest BCUT2D eigenvalue weighted by atomic mass is 10.1. The molecular formula is C10H17Br3O3. The Morgan fingerprint density at radius 2 is 1.44 bits per heavy atom. The Morgan fingerprint density at radius 3 is 1.94 bits per heavy atom. The molecule has 0 aromatic heterocycles. The lowest BCUT2D eigenvalue weighted by Crippen LogP contribution is -2.23. The first-order valence-corrected chi connectivity index (χ1v) is 7.50. The molecule has 0 aliphatic heterocycles. The largest absolute Gasteiger partial charge is 0.340 e. The van der Waals surface area contributed by atoms with Gasteiger partial charge in [0.2, 0.25) is 0 Å². The Morgan fingerprint density at radius 1 is 0.875 bits per heavy atom. The maximum atomic E-state index is 8.56. The summed E-state index contributed by atoms with van der Waals surface area (Å²) in [7, 11) is 0. The van der Waals surface area contributed by atoms with E-state index in [1.165, 1.54) is 0 Å². The predicted octanol–water partition coefficient (Wildman–Crippen LogP) is 3.35. The van der Waals surface area contributed by atoms with Crippen LogP contribution in [0.1, 0.15) is 38.5 Å². The van der Waals surface area contributed by atoms with E-state index < -0.39 is 5.97 Å². The van der Waals surface area contributed by atoms with Gasteiger partial charge in [-0.05, 0) is 25.3 Å². The van der Waals surface area contributed by atoms with E-state index in [4.69, 9.17) is 15.3 Å². The lowest BCUT2D eigenvalue weighted by Gasteiger charge is -2.10. The maximum absolute atomic E-state index is 8.56. The fourth-order valence-electron chi connectivity index (χ4n) is 1.18. The highest BCUT2D eigenvalue weighted by molar-refractivity contribution is 9.39. The van der Waals surface area contributed by atoms with Crippen molar-refractivity contribution in [2.24, 2.45) is 0 Å². The standard InChI is InChI=1S/C10H17Br3O3/c11-9(12,13)7-5-3-1-2-4-6-8-10(14,15)16/h6,8,14-16H,1-5,7H2. The third kappa shape index (κ3) is 15.1. The van der Waals surface area contributed by atoms with Crippen LogP contribution in [0, 0.1) is 0 Å². The van der Waals surface area contributed by atoms with Crippen molar-refractivity contribution in [2.75, 3.05) is 0 Å². The van der Waals surface area contributed by atoms with Gasteiger partial charge in [-0.25, -0.2) is 0 Å². The van der Waals surface area contributed by atoms with E-state index in [2.05, 4.69) is 47.8 Å². The molecule has 3 N–H and O–H groups in total. The monoisotopic (exact) mass is 422 g/mol. The molecular weight excluding hydrogens is 408 g/mol. The van der Waals surface area contributed by atoms with Crippen molar-refractivity contribution in [1.82, 2.24) is 0 Å². The van der Waals surface area contributed by atoms with Gasteiger partial charge >= 0.3 is 0 Å². The van der Waals surface area contributed by atoms with Crippen LogP contribution < -0.4 is 0 Å². The lowest BCUT2D eigenvalue weighted by molar-refractivity contribution is -0.273. The fourth-order valence-corrected chi connectivity index (χ4v) is 2.02. The van der Waals surface area contributed by atoms with Gasteiger partial charge < -0.3 is 15.3 Å². The topological polar surface area (TPSA) is 60.7 Å². The number of alkyl halides is 3. The first kappa shape index (κ1) is 17.1. The van der Waals surface area contributed by atoms with E-state index in [0.29, 0.717) is 0 Å². The van der Waals surface area contributed by atoms with E-state index in [0.717, 1.165) is 44.6 Å². The molecule has 0 aromatic carbocycles. The number of hydrogen-bond donors (Lipinski definition) is 3. The van der Waals surface area contributed by atoms with Gasteiger partial charge in [0.15, 0.2) is 0 Å². The fraction of sp³-hybridized carbons (Fsp3) is 0.800. The number of aliphatic hydroxyl groups is 3. The maximum Gasteiger partial charge on any atom is 0.297 e. The van der Waals surface area contributed by atoms with Crippen molar-refractivity contribution in [1.29, 1.82) is 0 Å². The van der Waals surface area contributed by atoms with Crippen LogP contribution in [0.3, 0.4) is 0 Å². The van der Waals surface area contributed by atoms with Gasteiger partial charge in [-0.1, -0.05) is 73.1 Å². The summed E-state index contributed by atoms with van der Waals surface area (Å²) in [4.78, 5) is 0. The van der Waals surface area contributed by atoms with Crippen LogP contribution in [0.25, 0.3) is 0 Å². The zero-order valence-corrected chi connectivity index (χ0v) is 13.6. The zero-order chi connectivity index (χ0) is 12.7. The molecule has 0 bridgehead atoms. The van der Waals surface area contributed by atoms with E-state index >= 15 is 0 Å². The van der Waals surface area contributed by atoms with Crippen LogP contribution in [-0.4, -0.2) is 23.4 Å². The van der Waals surface area contributed by atoms with Crippen molar-refractivity contribution in [3.05, 3.63) is 12.2 Å². The van der Waals surface area contributed by atoms with Gasteiger partial charge in [0.1, 0.15) is 2.14 Å². The molecule has 0 radical (unpaired) electrons. The van der Waals surface area contributed by atoms with Crippen LogP contribution in [-0.2, 0) is 0 Å². The van der Waals surface area contributed by atoms with Crippen molar-refractivity contribution in [3.63, 3.8) is 0 Å². The number of halogens is 3. The van der Waals surface area contributed by atoms with Gasteiger partial charge in [-0.2, -0.15) is 0 Å². The minimum absolute atomic E-state index is 0.142. The van der Waals surface area contributed by atoms with Gasteiger partial charge in [0.25, 0.3) is 5.97 Å². The molecule has 0 fully saturated rings. The van der Waals surface area contributed by atoms with E-state index in [1.54, 1.807) is 6.08 Å². The summed E-state index contributed by atoms with van der Waals surface area (Å²) in [6.45, 7) is 0. The molecule has 0 atom stereocenters. The average Bonchev–Trinajstić information content (AvgIpc) is 2.06. The third-order valence-corrected chi connectivity index (χ3v) is 3.11. The molecule has 0 rings (SSSR count). The van der Waals surface area contributed by atoms with Gasteiger partial charge in [-0.15, -0.1) is 0 Å². The predicted molar refractivity (Wildman–Crippen MR) is 75.7 cm³/mol. The highest BCUT2D eigenvalue weighted by atomic mass is 80.0. The Balaban J connectivity index is 3.32. The second-order valence-electron chi connectivity index (χ2n) is 3.66. The first-order chi connectivity index (χ1) is 7.21. The van der Waals surface area contributed by atoms with Gasteiger partial charge in [0.05, 0.1) is 0 Å². The molecule has 0 aliphatic rings. The molecule has 0 saturated carbocycles. The SMILES string of the molecule is OC(O)(O)C=CCCCCCCC(Br)(Br)Br. The average molecular weight is 425 g/mol. The second kappa shape index (κ2) is 8.21. The third-order valence-electron chi connectivity index (χ3n) is 1.92. The Labute approximate surface area is 121 Å². The first-order valence-electron chi connectivity index (χ1n) is 5.12. The molecule has 3 nitrogen and oxygen atoms in total. The highest BCUT2D eigenvalue weighted by Gasteiger charge is 2.15. The molecule has 0 heterocycles. The highest BCUT2D eigenvalue weighted by Crippen LogP contribution is 2.38. The summed E-state index contributed by atoms with van der Waals surface area (Å²) in [5, 5.41) is 25.7. The summed E-state index contributed by atoms with van der Waals surface area (Å²) in [5.74, 6) is -2.67. The van der Waals surface area contributed by atoms with Gasteiger partial charge in [-0.3, -0.25) is 0 Å². The van der Waals surface area contributed by atoms with Gasteiger partial charge in [0, 0.05) is 0 Å². The molecule has 6 heteroatoms. The van der Waals surface area contributed by atoms with Crippen molar-refractivity contribution < 1.29 is 15.3 Å². The van der Waals surface area contributed by atoms with Crippen molar-refractivity contribution in [3.8, 4) is 0 Å². The minimum atomic E-state index is -2.67. The molecule has 0 saturated heterocycles. The number of unbranched alkanes of at least 4 members (excludes halogenated alkanes) is 4. The number of rotatable bonds is 7. The summed E-state index contributed by atoms with van der Waals surface area (Å²) in [5.41, 5.74) is 0. The molecule has 0 aliphatic carbocycles. The van der Waals surface area contributed by atoms with Crippen molar-refractivity contribution >= 4 is 47.8 Å². The summed E-state index contributed by atoms with van der Waals surface area (Å²) >= 11 is 10.3. The van der Waals surface area contributed by atoms with Crippen LogP contribution in [0.5, 0.6) is 0 Å². The smallest absolute Gasteiger partial charge is 0.297 e. The van der Waals surface area contributed by atoms with Crippen LogP contribution >= 0.6 is 47.8 Å². The zero-order valence-electron chi connectivity index (χ0n) is 8.87. The van der Waals surface area contributed by atoms with E-state index in [-0.39, 0.29) is 2.14 Å². The van der Waals surface area contributed by atoms with Crippen molar-refractivity contribution in [2.45, 2.75) is 46.6 Å². The summed E-state index contributed by atoms with van der Waals surface area (Å²) in [6.07, 6.45) is 8.59. The quantitative estimate of drug-likeness (QED) is 0.254. The molecule has 0 aromatic rings. The number of allylic oxidation sites excluding steroid dienone is 1.